The number of nitrogens with zero attached hydrogens (tertiary/aromatic N) is 4. The van der Waals surface area contributed by atoms with Crippen LogP contribution in [-0.2, 0) is 6.42 Å². The molecule has 0 unspecified atom stereocenters. The highest BCUT2D eigenvalue weighted by Crippen LogP contribution is 2.26. The smallest absolute Gasteiger partial charge is 0.135 e. The second-order valence-corrected chi connectivity index (χ2v) is 7.61. The molecular formula is C17H28N4S. The van der Waals surface area contributed by atoms with Crippen LogP contribution in [0.4, 0.5) is 5.82 Å². The van der Waals surface area contributed by atoms with Crippen molar-refractivity contribution in [1.29, 1.82) is 0 Å². The van der Waals surface area contributed by atoms with Crippen LogP contribution in [0.15, 0.2) is 6.20 Å². The van der Waals surface area contributed by atoms with E-state index in [0.717, 1.165) is 37.8 Å². The lowest BCUT2D eigenvalue weighted by Crippen LogP contribution is -2.48. The van der Waals surface area contributed by atoms with Crippen molar-refractivity contribution in [2.45, 2.75) is 45.6 Å². The van der Waals surface area contributed by atoms with Gasteiger partial charge in [-0.2, -0.15) is 11.8 Å². The number of hydrogen-bond donors (Lipinski definition) is 0. The zero-order chi connectivity index (χ0) is 15.4. The lowest BCUT2D eigenvalue weighted by molar-refractivity contribution is 0.185. The molecule has 0 aliphatic carbocycles. The van der Waals surface area contributed by atoms with Crippen molar-refractivity contribution in [2.24, 2.45) is 0 Å². The Balaban J connectivity index is 1.64. The third kappa shape index (κ3) is 3.74. The normalized spacial score (nSPS) is 21.3. The summed E-state index contributed by atoms with van der Waals surface area (Å²) in [5, 5.41) is 0. The second kappa shape index (κ2) is 7.64. The first-order chi connectivity index (χ1) is 10.8. The third-order valence-corrected chi connectivity index (χ3v) is 5.75. The van der Waals surface area contributed by atoms with E-state index in [4.69, 9.17) is 4.98 Å². The van der Waals surface area contributed by atoms with E-state index in [2.05, 4.69) is 33.5 Å². The van der Waals surface area contributed by atoms with Gasteiger partial charge in [-0.05, 0) is 26.2 Å². The van der Waals surface area contributed by atoms with Gasteiger partial charge in [0.1, 0.15) is 11.6 Å². The SMILES string of the molecule is CCCc1cnc(C)nc1N1CCC(N2CCSCC2)CC1. The highest BCUT2D eigenvalue weighted by molar-refractivity contribution is 7.99. The Kier molecular flexibility index (Phi) is 5.58. The van der Waals surface area contributed by atoms with Crippen LogP contribution in [0, 0.1) is 6.92 Å². The van der Waals surface area contributed by atoms with Crippen molar-refractivity contribution in [1.82, 2.24) is 14.9 Å². The van der Waals surface area contributed by atoms with Gasteiger partial charge in [0.25, 0.3) is 0 Å². The number of anilines is 1. The maximum absolute atomic E-state index is 4.75. The predicted octanol–water partition coefficient (Wildman–Crippen LogP) is 2.76. The number of rotatable bonds is 4. The average molecular weight is 321 g/mol. The predicted molar refractivity (Wildman–Crippen MR) is 94.9 cm³/mol. The standard InChI is InChI=1S/C17H28N4S/c1-3-4-15-13-18-14(2)19-17(15)21-7-5-16(6-8-21)20-9-11-22-12-10-20/h13,16H,3-12H2,1-2H3. The minimum atomic E-state index is 0.787. The fraction of sp³-hybridized carbons (Fsp3) is 0.765. The fourth-order valence-corrected chi connectivity index (χ4v) is 4.52. The van der Waals surface area contributed by atoms with Crippen molar-refractivity contribution < 1.29 is 0 Å². The molecule has 0 aromatic carbocycles. The molecular weight excluding hydrogens is 292 g/mol. The van der Waals surface area contributed by atoms with Crippen LogP contribution in [0.2, 0.25) is 0 Å². The molecule has 3 rings (SSSR count). The van der Waals surface area contributed by atoms with Gasteiger partial charge in [0.2, 0.25) is 0 Å². The topological polar surface area (TPSA) is 32.3 Å². The molecule has 0 amide bonds. The number of aryl methyl sites for hydroxylation is 2. The van der Waals surface area contributed by atoms with Crippen LogP contribution >= 0.6 is 11.8 Å². The molecule has 1 aromatic rings. The summed E-state index contributed by atoms with van der Waals surface area (Å²) in [5.74, 6) is 4.71. The van der Waals surface area contributed by atoms with Crippen molar-refractivity contribution in [3.05, 3.63) is 17.6 Å². The Bertz CT molecular complexity index is 480. The maximum Gasteiger partial charge on any atom is 0.135 e. The molecule has 1 aromatic heterocycles. The van der Waals surface area contributed by atoms with E-state index in [0.29, 0.717) is 0 Å². The zero-order valence-electron chi connectivity index (χ0n) is 13.9. The van der Waals surface area contributed by atoms with E-state index in [1.165, 1.54) is 48.8 Å². The molecule has 2 saturated heterocycles. The molecule has 2 aliphatic heterocycles. The Morgan fingerprint density at radius 1 is 1.18 bits per heavy atom. The highest BCUT2D eigenvalue weighted by Gasteiger charge is 2.27. The van der Waals surface area contributed by atoms with Gasteiger partial charge in [-0.15, -0.1) is 0 Å². The number of piperidine rings is 1. The van der Waals surface area contributed by atoms with Gasteiger partial charge >= 0.3 is 0 Å². The van der Waals surface area contributed by atoms with E-state index < -0.39 is 0 Å². The molecule has 0 N–H and O–H groups in total. The van der Waals surface area contributed by atoms with Gasteiger partial charge < -0.3 is 4.90 Å². The Morgan fingerprint density at radius 3 is 2.59 bits per heavy atom. The Morgan fingerprint density at radius 2 is 1.91 bits per heavy atom. The number of hydrogen-bond acceptors (Lipinski definition) is 5. The zero-order valence-corrected chi connectivity index (χ0v) is 14.7. The van der Waals surface area contributed by atoms with Crippen molar-refractivity contribution in [3.63, 3.8) is 0 Å². The molecule has 2 aliphatic rings. The molecule has 0 radical (unpaired) electrons. The van der Waals surface area contributed by atoms with Crippen LogP contribution in [0.3, 0.4) is 0 Å². The van der Waals surface area contributed by atoms with E-state index in [1.807, 2.05) is 13.1 Å². The molecule has 2 fully saturated rings. The van der Waals surface area contributed by atoms with E-state index in [-0.39, 0.29) is 0 Å². The van der Waals surface area contributed by atoms with Crippen LogP contribution in [0.5, 0.6) is 0 Å². The minimum Gasteiger partial charge on any atom is -0.356 e. The molecule has 122 valence electrons. The quantitative estimate of drug-likeness (QED) is 0.852. The van der Waals surface area contributed by atoms with Gasteiger partial charge in [-0.1, -0.05) is 13.3 Å². The summed E-state index contributed by atoms with van der Waals surface area (Å²) < 4.78 is 0. The Hall–Kier alpha value is -0.810. The summed E-state index contributed by atoms with van der Waals surface area (Å²) in [7, 11) is 0. The van der Waals surface area contributed by atoms with E-state index in [1.54, 1.807) is 0 Å². The molecule has 0 bridgehead atoms. The molecule has 0 atom stereocenters. The van der Waals surface area contributed by atoms with Crippen LogP contribution in [0.25, 0.3) is 0 Å². The summed E-state index contributed by atoms with van der Waals surface area (Å²) in [6.45, 7) is 9.07. The van der Waals surface area contributed by atoms with Crippen molar-refractivity contribution in [2.75, 3.05) is 42.6 Å². The third-order valence-electron chi connectivity index (χ3n) is 4.81. The molecule has 4 nitrogen and oxygen atoms in total. The van der Waals surface area contributed by atoms with Gasteiger partial charge in [0.05, 0.1) is 0 Å². The molecule has 3 heterocycles. The molecule has 5 heteroatoms. The monoisotopic (exact) mass is 320 g/mol. The van der Waals surface area contributed by atoms with Crippen molar-refractivity contribution in [3.8, 4) is 0 Å². The van der Waals surface area contributed by atoms with E-state index >= 15 is 0 Å². The number of thioether (sulfide) groups is 1. The summed E-state index contributed by atoms with van der Waals surface area (Å²) in [6, 6.07) is 0.787. The van der Waals surface area contributed by atoms with Gasteiger partial charge in [0, 0.05) is 55.5 Å². The summed E-state index contributed by atoms with van der Waals surface area (Å²) >= 11 is 2.10. The first kappa shape index (κ1) is 16.1. The van der Waals surface area contributed by atoms with Gasteiger partial charge in [-0.25, -0.2) is 9.97 Å². The van der Waals surface area contributed by atoms with Crippen LogP contribution < -0.4 is 4.90 Å². The molecule has 22 heavy (non-hydrogen) atoms. The lowest BCUT2D eigenvalue weighted by atomic mass is 10.0. The lowest BCUT2D eigenvalue weighted by Gasteiger charge is -2.40. The van der Waals surface area contributed by atoms with Crippen molar-refractivity contribution >= 4 is 17.6 Å². The maximum atomic E-state index is 4.75. The first-order valence-electron chi connectivity index (χ1n) is 8.67. The number of aromatic nitrogens is 2. The Labute approximate surface area is 138 Å². The van der Waals surface area contributed by atoms with E-state index in [9.17, 15) is 0 Å². The molecule has 0 saturated carbocycles. The van der Waals surface area contributed by atoms with Crippen LogP contribution in [-0.4, -0.2) is 58.6 Å². The summed E-state index contributed by atoms with van der Waals surface area (Å²) in [5.41, 5.74) is 1.32. The van der Waals surface area contributed by atoms with Crippen LogP contribution in [0.1, 0.15) is 37.6 Å². The largest absolute Gasteiger partial charge is 0.356 e. The molecule has 0 spiro atoms. The second-order valence-electron chi connectivity index (χ2n) is 6.38. The fourth-order valence-electron chi connectivity index (χ4n) is 3.59. The average Bonchev–Trinajstić information content (AvgIpc) is 2.58. The van der Waals surface area contributed by atoms with Gasteiger partial charge in [-0.3, -0.25) is 4.90 Å². The van der Waals surface area contributed by atoms with Gasteiger partial charge in [0.15, 0.2) is 0 Å². The first-order valence-corrected chi connectivity index (χ1v) is 9.82. The highest BCUT2D eigenvalue weighted by atomic mass is 32.2. The summed E-state index contributed by atoms with van der Waals surface area (Å²) in [6.07, 6.45) is 6.83. The summed E-state index contributed by atoms with van der Waals surface area (Å²) in [4.78, 5) is 14.4. The minimum absolute atomic E-state index is 0.787.